The van der Waals surface area contributed by atoms with Crippen molar-refractivity contribution in [1.29, 1.82) is 10.5 Å². The molecule has 25 heavy (non-hydrogen) atoms. The summed E-state index contributed by atoms with van der Waals surface area (Å²) in [7, 11) is 0. The van der Waals surface area contributed by atoms with Gasteiger partial charge in [-0.25, -0.2) is 0 Å². The van der Waals surface area contributed by atoms with Crippen molar-refractivity contribution < 1.29 is 4.74 Å². The predicted octanol–water partition coefficient (Wildman–Crippen LogP) is 4.50. The van der Waals surface area contributed by atoms with Crippen LogP contribution in [-0.4, -0.2) is 4.98 Å². The smallest absolute Gasteiger partial charge is 0.119 e. The van der Waals surface area contributed by atoms with Crippen LogP contribution >= 0.6 is 11.3 Å². The summed E-state index contributed by atoms with van der Waals surface area (Å²) in [6, 6.07) is 17.4. The molecule has 3 aromatic rings. The first-order valence-corrected chi connectivity index (χ1v) is 8.59. The Balaban J connectivity index is 1.84. The molecule has 2 aromatic carbocycles. The lowest BCUT2D eigenvalue weighted by molar-refractivity contribution is 0.0688. The van der Waals surface area contributed by atoms with Crippen LogP contribution in [0.4, 0.5) is 0 Å². The van der Waals surface area contributed by atoms with Gasteiger partial charge in [-0.3, -0.25) is 4.98 Å². The highest BCUT2D eigenvalue weighted by molar-refractivity contribution is 7.09. The Hall–Kier alpha value is -2.99. The number of hydrogen-bond acceptors (Lipinski definition) is 5. The van der Waals surface area contributed by atoms with Crippen LogP contribution in [-0.2, 0) is 11.3 Å². The fourth-order valence-corrected chi connectivity index (χ4v) is 3.22. The molecule has 0 aliphatic heterocycles. The van der Waals surface area contributed by atoms with E-state index in [0.29, 0.717) is 17.7 Å². The summed E-state index contributed by atoms with van der Waals surface area (Å²) < 4.78 is 6.17. The number of hydrogen-bond donors (Lipinski definition) is 0. The maximum atomic E-state index is 9.11. The lowest BCUT2D eigenvalue weighted by atomic mass is 10.0. The first-order valence-electron chi connectivity index (χ1n) is 7.71. The Morgan fingerprint density at radius 1 is 1.12 bits per heavy atom. The highest BCUT2D eigenvalue weighted by Crippen LogP contribution is 2.30. The molecule has 0 fully saturated rings. The fourth-order valence-electron chi connectivity index (χ4n) is 2.53. The van der Waals surface area contributed by atoms with Crippen LogP contribution < -0.4 is 0 Å². The highest BCUT2D eigenvalue weighted by atomic mass is 32.1. The topological polar surface area (TPSA) is 69.7 Å². The van der Waals surface area contributed by atoms with Gasteiger partial charge >= 0.3 is 0 Å². The number of thiazole rings is 1. The summed E-state index contributed by atoms with van der Waals surface area (Å²) in [6.07, 6.45) is 1.57. The first kappa shape index (κ1) is 16.9. The summed E-state index contributed by atoms with van der Waals surface area (Å²) in [6.45, 7) is 2.35. The van der Waals surface area contributed by atoms with Crippen molar-refractivity contribution in [3.05, 3.63) is 86.9 Å². The number of nitrogens with zero attached hydrogens (tertiary/aromatic N) is 3. The third-order valence-corrected chi connectivity index (χ3v) is 4.70. The third kappa shape index (κ3) is 3.92. The second kappa shape index (κ2) is 7.72. The SMILES string of the molecule is Cc1cc(C(OCc2ccc(C#N)cc2)c2cncs2)ccc1C#N. The molecule has 1 aromatic heterocycles. The van der Waals surface area contributed by atoms with E-state index in [1.54, 1.807) is 17.6 Å². The average molecular weight is 345 g/mol. The van der Waals surface area contributed by atoms with Crippen LogP contribution in [0.3, 0.4) is 0 Å². The molecule has 0 aliphatic rings. The minimum absolute atomic E-state index is 0.241. The molecular weight excluding hydrogens is 330 g/mol. The molecule has 0 aliphatic carbocycles. The Labute approximate surface area is 150 Å². The molecule has 1 atom stereocenters. The van der Waals surface area contributed by atoms with E-state index in [-0.39, 0.29) is 6.10 Å². The maximum absolute atomic E-state index is 9.11. The van der Waals surface area contributed by atoms with Gasteiger partial charge in [0.05, 0.1) is 40.3 Å². The van der Waals surface area contributed by atoms with Gasteiger partial charge in [0.2, 0.25) is 0 Å². The Morgan fingerprint density at radius 3 is 2.52 bits per heavy atom. The van der Waals surface area contributed by atoms with E-state index in [1.165, 1.54) is 11.3 Å². The summed E-state index contributed by atoms with van der Waals surface area (Å²) in [5, 5.41) is 18.0. The van der Waals surface area contributed by atoms with Crippen LogP contribution in [0.25, 0.3) is 0 Å². The number of rotatable bonds is 5. The van der Waals surface area contributed by atoms with Crippen molar-refractivity contribution in [2.45, 2.75) is 19.6 Å². The van der Waals surface area contributed by atoms with Crippen LogP contribution in [0.5, 0.6) is 0 Å². The monoisotopic (exact) mass is 345 g/mol. The highest BCUT2D eigenvalue weighted by Gasteiger charge is 2.17. The number of benzene rings is 2. The molecule has 0 saturated carbocycles. The number of nitriles is 2. The van der Waals surface area contributed by atoms with Gasteiger partial charge in [0, 0.05) is 6.20 Å². The van der Waals surface area contributed by atoms with Gasteiger partial charge in [-0.2, -0.15) is 10.5 Å². The molecule has 1 unspecified atom stereocenters. The van der Waals surface area contributed by atoms with E-state index < -0.39 is 0 Å². The van der Waals surface area contributed by atoms with Gasteiger partial charge < -0.3 is 4.74 Å². The molecule has 0 radical (unpaired) electrons. The predicted molar refractivity (Wildman–Crippen MR) is 95.8 cm³/mol. The third-order valence-electron chi connectivity index (χ3n) is 3.88. The number of ether oxygens (including phenoxy) is 1. The first-order chi connectivity index (χ1) is 12.2. The van der Waals surface area contributed by atoms with Crippen molar-refractivity contribution in [3.8, 4) is 12.1 Å². The van der Waals surface area contributed by atoms with E-state index in [4.69, 9.17) is 15.3 Å². The molecule has 0 N–H and O–H groups in total. The lowest BCUT2D eigenvalue weighted by Gasteiger charge is -2.18. The zero-order valence-corrected chi connectivity index (χ0v) is 14.5. The normalized spacial score (nSPS) is 11.5. The quantitative estimate of drug-likeness (QED) is 0.682. The van der Waals surface area contributed by atoms with E-state index >= 15 is 0 Å². The molecule has 0 saturated heterocycles. The summed E-state index contributed by atoms with van der Waals surface area (Å²) in [5.41, 5.74) is 6.00. The van der Waals surface area contributed by atoms with E-state index in [1.807, 2.05) is 43.5 Å². The molecule has 122 valence electrons. The van der Waals surface area contributed by atoms with E-state index in [0.717, 1.165) is 21.6 Å². The molecule has 0 spiro atoms. The molecule has 3 rings (SSSR count). The van der Waals surface area contributed by atoms with E-state index in [9.17, 15) is 0 Å². The Morgan fingerprint density at radius 2 is 1.92 bits per heavy atom. The zero-order chi connectivity index (χ0) is 17.6. The maximum Gasteiger partial charge on any atom is 0.119 e. The van der Waals surface area contributed by atoms with Gasteiger partial charge in [-0.1, -0.05) is 24.3 Å². The lowest BCUT2D eigenvalue weighted by Crippen LogP contribution is -2.06. The minimum Gasteiger partial charge on any atom is -0.363 e. The van der Waals surface area contributed by atoms with Gasteiger partial charge in [-0.15, -0.1) is 11.3 Å². The largest absolute Gasteiger partial charge is 0.363 e. The second-order valence-corrected chi connectivity index (χ2v) is 6.51. The summed E-state index contributed by atoms with van der Waals surface area (Å²) >= 11 is 1.54. The van der Waals surface area contributed by atoms with Crippen molar-refractivity contribution in [1.82, 2.24) is 4.98 Å². The zero-order valence-electron chi connectivity index (χ0n) is 13.6. The molecule has 0 amide bonds. The molecule has 4 nitrogen and oxygen atoms in total. The Kier molecular flexibility index (Phi) is 5.20. The fraction of sp³-hybridized carbons (Fsp3) is 0.150. The van der Waals surface area contributed by atoms with Crippen LogP contribution in [0.1, 0.15) is 38.8 Å². The van der Waals surface area contributed by atoms with Gasteiger partial charge in [0.15, 0.2) is 0 Å². The van der Waals surface area contributed by atoms with Crippen LogP contribution in [0, 0.1) is 29.6 Å². The summed E-state index contributed by atoms with van der Waals surface area (Å²) in [5.74, 6) is 0. The number of aromatic nitrogens is 1. The van der Waals surface area contributed by atoms with Crippen molar-refractivity contribution in [2.75, 3.05) is 0 Å². The standard InChI is InChI=1S/C20H15N3OS/c1-14-8-17(6-7-18(14)10-22)20(19-11-23-13-25-19)24-12-16-4-2-15(9-21)3-5-16/h2-8,11,13,20H,12H2,1H3. The number of aryl methyl sites for hydroxylation is 1. The minimum atomic E-state index is -0.241. The molecule has 1 heterocycles. The molecule has 0 bridgehead atoms. The molecule has 5 heteroatoms. The van der Waals surface area contributed by atoms with Gasteiger partial charge in [0.25, 0.3) is 0 Å². The summed E-state index contributed by atoms with van der Waals surface area (Å²) in [4.78, 5) is 5.16. The van der Waals surface area contributed by atoms with Gasteiger partial charge in [-0.05, 0) is 41.8 Å². The van der Waals surface area contributed by atoms with Gasteiger partial charge in [0.1, 0.15) is 6.10 Å². The Bertz CT molecular complexity index is 935. The van der Waals surface area contributed by atoms with Crippen molar-refractivity contribution in [3.63, 3.8) is 0 Å². The van der Waals surface area contributed by atoms with E-state index in [2.05, 4.69) is 17.1 Å². The molecular formula is C20H15N3OS. The van der Waals surface area contributed by atoms with Crippen molar-refractivity contribution in [2.24, 2.45) is 0 Å². The average Bonchev–Trinajstić information content (AvgIpc) is 3.17. The second-order valence-electron chi connectivity index (χ2n) is 5.59. The van der Waals surface area contributed by atoms with Crippen LogP contribution in [0.15, 0.2) is 54.2 Å². The van der Waals surface area contributed by atoms with Crippen LogP contribution in [0.2, 0.25) is 0 Å². The van der Waals surface area contributed by atoms with Crippen molar-refractivity contribution >= 4 is 11.3 Å².